The van der Waals surface area contributed by atoms with Crippen LogP contribution in [-0.2, 0) is 0 Å². The molecule has 1 heterocycles. The van der Waals surface area contributed by atoms with E-state index >= 15 is 0 Å². The van der Waals surface area contributed by atoms with Gasteiger partial charge < -0.3 is 0 Å². The summed E-state index contributed by atoms with van der Waals surface area (Å²) in [5.41, 5.74) is 8.26. The molecule has 0 saturated carbocycles. The van der Waals surface area contributed by atoms with Crippen molar-refractivity contribution in [2.75, 3.05) is 0 Å². The highest BCUT2D eigenvalue weighted by Gasteiger charge is 2.25. The van der Waals surface area contributed by atoms with Crippen LogP contribution in [0.4, 0.5) is 0 Å². The first-order valence-corrected chi connectivity index (χ1v) is 9.91. The molecule has 0 bridgehead atoms. The number of rotatable bonds is 3. The van der Waals surface area contributed by atoms with Crippen LogP contribution in [0.3, 0.4) is 0 Å². The molecule has 0 radical (unpaired) electrons. The molecular weight excluding hydrogens is 358 g/mol. The van der Waals surface area contributed by atoms with Crippen LogP contribution < -0.4 is 5.43 Å². The molecule has 0 fully saturated rings. The van der Waals surface area contributed by atoms with Gasteiger partial charge in [-0.2, -0.15) is 5.10 Å². The predicted molar refractivity (Wildman–Crippen MR) is 119 cm³/mol. The molecule has 1 aromatic heterocycles. The molecule has 0 unspecified atom stereocenters. The zero-order valence-corrected chi connectivity index (χ0v) is 17.1. The molecule has 0 atom stereocenters. The number of para-hydroxylation sites is 1. The van der Waals surface area contributed by atoms with Crippen molar-refractivity contribution < 1.29 is 4.79 Å². The lowest BCUT2D eigenvalue weighted by Gasteiger charge is -2.29. The topological polar surface area (TPSA) is 54.4 Å². The number of carbonyl (C=O) groups excluding carboxylic acids is 1. The van der Waals surface area contributed by atoms with Crippen molar-refractivity contribution in [3.8, 4) is 11.3 Å². The highest BCUT2D eigenvalue weighted by molar-refractivity contribution is 6.08. The molecular formula is C25H25N3O. The fraction of sp³-hybridized carbons (Fsp3) is 0.240. The molecule has 3 aromatic rings. The lowest BCUT2D eigenvalue weighted by Crippen LogP contribution is -2.25. The van der Waals surface area contributed by atoms with E-state index in [4.69, 9.17) is 4.98 Å². The van der Waals surface area contributed by atoms with Gasteiger partial charge in [0.15, 0.2) is 0 Å². The van der Waals surface area contributed by atoms with Crippen molar-refractivity contribution in [2.24, 2.45) is 10.5 Å². The van der Waals surface area contributed by atoms with E-state index in [2.05, 4.69) is 37.4 Å². The molecule has 1 aliphatic rings. The number of hydrogen-bond acceptors (Lipinski definition) is 3. The smallest absolute Gasteiger partial charge is 0.267 e. The Balaban J connectivity index is 1.70. The van der Waals surface area contributed by atoms with Gasteiger partial charge in [-0.15, -0.1) is 0 Å². The van der Waals surface area contributed by atoms with Crippen LogP contribution in [0.5, 0.6) is 0 Å². The van der Waals surface area contributed by atoms with Crippen LogP contribution in [0.25, 0.3) is 22.2 Å². The summed E-state index contributed by atoms with van der Waals surface area (Å²) < 4.78 is 0. The van der Waals surface area contributed by atoms with Crippen molar-refractivity contribution >= 4 is 22.5 Å². The van der Waals surface area contributed by atoms with E-state index in [1.54, 1.807) is 0 Å². The lowest BCUT2D eigenvalue weighted by molar-refractivity contribution is 0.0956. The van der Waals surface area contributed by atoms with Gasteiger partial charge in [-0.3, -0.25) is 4.79 Å². The molecule has 1 aliphatic carbocycles. The van der Waals surface area contributed by atoms with Gasteiger partial charge in [-0.25, -0.2) is 10.4 Å². The Kier molecular flexibility index (Phi) is 5.01. The van der Waals surface area contributed by atoms with E-state index in [1.807, 2.05) is 60.7 Å². The third-order valence-corrected chi connectivity index (χ3v) is 5.16. The third kappa shape index (κ3) is 4.27. The first-order chi connectivity index (χ1) is 13.9. The van der Waals surface area contributed by atoms with E-state index in [0.29, 0.717) is 5.56 Å². The van der Waals surface area contributed by atoms with Gasteiger partial charge in [0.05, 0.1) is 22.5 Å². The number of amides is 1. The van der Waals surface area contributed by atoms with E-state index in [9.17, 15) is 4.79 Å². The molecule has 146 valence electrons. The van der Waals surface area contributed by atoms with Gasteiger partial charge in [0.2, 0.25) is 0 Å². The number of hydrazone groups is 1. The number of allylic oxidation sites excluding steroid dienone is 2. The molecule has 4 heteroatoms. The Hall–Kier alpha value is -3.27. The minimum absolute atomic E-state index is 0.159. The number of benzene rings is 2. The maximum atomic E-state index is 13.1. The van der Waals surface area contributed by atoms with Crippen LogP contribution in [0, 0.1) is 5.41 Å². The zero-order valence-electron chi connectivity index (χ0n) is 17.1. The zero-order chi connectivity index (χ0) is 20.4. The number of pyridine rings is 1. The number of aromatic nitrogens is 1. The van der Waals surface area contributed by atoms with Crippen LogP contribution >= 0.6 is 0 Å². The fourth-order valence-corrected chi connectivity index (χ4v) is 4.07. The summed E-state index contributed by atoms with van der Waals surface area (Å²) >= 11 is 0. The molecule has 29 heavy (non-hydrogen) atoms. The van der Waals surface area contributed by atoms with E-state index in [1.165, 1.54) is 5.57 Å². The Bertz CT molecular complexity index is 1130. The molecule has 0 spiro atoms. The van der Waals surface area contributed by atoms with Gasteiger partial charge in [0.1, 0.15) is 0 Å². The lowest BCUT2D eigenvalue weighted by atomic mass is 9.77. The minimum atomic E-state index is -0.220. The number of hydrogen-bond donors (Lipinski definition) is 1. The maximum absolute atomic E-state index is 13.1. The second-order valence-electron chi connectivity index (χ2n) is 8.49. The Morgan fingerprint density at radius 1 is 1.03 bits per heavy atom. The summed E-state index contributed by atoms with van der Waals surface area (Å²) in [4.78, 5) is 17.8. The van der Waals surface area contributed by atoms with Gasteiger partial charge in [-0.1, -0.05) is 68.0 Å². The van der Waals surface area contributed by atoms with Gasteiger partial charge in [0, 0.05) is 10.9 Å². The maximum Gasteiger partial charge on any atom is 0.272 e. The standard InChI is InChI=1S/C25H25N3O/c1-17-13-19(16-25(2,3)15-17)27-28-24(29)21-14-23(18-9-5-4-6-10-18)26-22-12-8-7-11-20(21)22/h4-14H,15-16H2,1-3H3,(H,28,29)/b27-19+. The minimum Gasteiger partial charge on any atom is -0.267 e. The second kappa shape index (κ2) is 7.63. The number of carbonyl (C=O) groups is 1. The summed E-state index contributed by atoms with van der Waals surface area (Å²) in [7, 11) is 0. The largest absolute Gasteiger partial charge is 0.272 e. The monoisotopic (exact) mass is 383 g/mol. The second-order valence-corrected chi connectivity index (χ2v) is 8.49. The molecule has 0 saturated heterocycles. The predicted octanol–water partition coefficient (Wildman–Crippen LogP) is 5.75. The van der Waals surface area contributed by atoms with E-state index < -0.39 is 0 Å². The Morgan fingerprint density at radius 2 is 1.76 bits per heavy atom. The van der Waals surface area contributed by atoms with Gasteiger partial charge in [0.25, 0.3) is 5.91 Å². The Morgan fingerprint density at radius 3 is 2.52 bits per heavy atom. The van der Waals surface area contributed by atoms with Crippen LogP contribution in [0.1, 0.15) is 44.0 Å². The molecule has 4 rings (SSSR count). The first kappa shape index (κ1) is 19.1. The molecule has 1 N–H and O–H groups in total. The highest BCUT2D eigenvalue weighted by Crippen LogP contribution is 2.33. The summed E-state index contributed by atoms with van der Waals surface area (Å²) in [5, 5.41) is 5.26. The Labute approximate surface area is 171 Å². The molecule has 1 amide bonds. The van der Waals surface area contributed by atoms with Crippen LogP contribution in [0.2, 0.25) is 0 Å². The van der Waals surface area contributed by atoms with Gasteiger partial charge in [-0.05, 0) is 43.4 Å². The van der Waals surface area contributed by atoms with Crippen molar-refractivity contribution in [1.82, 2.24) is 10.4 Å². The van der Waals surface area contributed by atoms with Crippen LogP contribution in [0.15, 0.2) is 77.4 Å². The fourth-order valence-electron chi connectivity index (χ4n) is 4.07. The average Bonchev–Trinajstić information content (AvgIpc) is 2.70. The number of fused-ring (bicyclic) bond motifs is 1. The summed E-state index contributed by atoms with van der Waals surface area (Å²) in [6, 6.07) is 19.5. The summed E-state index contributed by atoms with van der Waals surface area (Å²) in [6.07, 6.45) is 3.97. The number of nitrogens with one attached hydrogen (secondary N) is 1. The van der Waals surface area contributed by atoms with E-state index in [0.717, 1.165) is 40.7 Å². The highest BCUT2D eigenvalue weighted by atomic mass is 16.2. The molecule has 2 aromatic carbocycles. The van der Waals surface area contributed by atoms with Crippen molar-refractivity contribution in [1.29, 1.82) is 0 Å². The molecule has 4 nitrogen and oxygen atoms in total. The van der Waals surface area contributed by atoms with Gasteiger partial charge >= 0.3 is 0 Å². The molecule has 0 aliphatic heterocycles. The van der Waals surface area contributed by atoms with Crippen molar-refractivity contribution in [3.63, 3.8) is 0 Å². The van der Waals surface area contributed by atoms with Crippen LogP contribution in [-0.4, -0.2) is 16.6 Å². The van der Waals surface area contributed by atoms with Crippen molar-refractivity contribution in [2.45, 2.75) is 33.6 Å². The van der Waals surface area contributed by atoms with E-state index in [-0.39, 0.29) is 11.3 Å². The number of nitrogens with zero attached hydrogens (tertiary/aromatic N) is 2. The quantitative estimate of drug-likeness (QED) is 0.585. The summed E-state index contributed by atoms with van der Waals surface area (Å²) in [5.74, 6) is -0.220. The average molecular weight is 383 g/mol. The SMILES string of the molecule is CC1=C/C(=N\NC(=O)c2cc(-c3ccccc3)nc3ccccc23)CC(C)(C)C1. The summed E-state index contributed by atoms with van der Waals surface area (Å²) in [6.45, 7) is 6.56. The normalized spacial score (nSPS) is 17.2. The van der Waals surface area contributed by atoms with Crippen molar-refractivity contribution in [3.05, 3.63) is 77.9 Å². The third-order valence-electron chi connectivity index (χ3n) is 5.16. The first-order valence-electron chi connectivity index (χ1n) is 9.91.